The minimum Gasteiger partial charge on any atom is -0.349 e. The third-order valence-electron chi connectivity index (χ3n) is 3.70. The predicted octanol–water partition coefficient (Wildman–Crippen LogP) is 2.06. The number of H-pyrrole nitrogens is 2. The van der Waals surface area contributed by atoms with Gasteiger partial charge in [0.2, 0.25) is 5.56 Å². The Morgan fingerprint density at radius 2 is 2.12 bits per heavy atom. The SMILES string of the molecule is Cc1cc(C[C@@H](C)NC(=O)c2cc(=O)[nH]c3ccc(F)cc23)n[nH]1. The maximum atomic E-state index is 13.5. The molecule has 1 amide bonds. The first kappa shape index (κ1) is 15.9. The molecule has 6 nitrogen and oxygen atoms in total. The van der Waals surface area contributed by atoms with E-state index in [4.69, 9.17) is 0 Å². The average molecular weight is 328 g/mol. The molecule has 1 aromatic carbocycles. The van der Waals surface area contributed by atoms with Gasteiger partial charge in [0.1, 0.15) is 5.82 Å². The quantitative estimate of drug-likeness (QED) is 0.685. The van der Waals surface area contributed by atoms with Gasteiger partial charge in [0.25, 0.3) is 5.91 Å². The highest BCUT2D eigenvalue weighted by Crippen LogP contribution is 2.17. The van der Waals surface area contributed by atoms with Crippen molar-refractivity contribution in [3.63, 3.8) is 0 Å². The lowest BCUT2D eigenvalue weighted by Crippen LogP contribution is -2.34. The van der Waals surface area contributed by atoms with Crippen molar-refractivity contribution >= 4 is 16.8 Å². The zero-order valence-corrected chi connectivity index (χ0v) is 13.3. The van der Waals surface area contributed by atoms with Crippen LogP contribution < -0.4 is 10.9 Å². The molecule has 7 heteroatoms. The van der Waals surface area contributed by atoms with Gasteiger partial charge in [-0.3, -0.25) is 14.7 Å². The average Bonchev–Trinajstić information content (AvgIpc) is 2.91. The van der Waals surface area contributed by atoms with E-state index in [9.17, 15) is 14.0 Å². The number of nitrogens with zero attached hydrogens (tertiary/aromatic N) is 1. The number of pyridine rings is 1. The largest absolute Gasteiger partial charge is 0.349 e. The molecule has 1 atom stereocenters. The van der Waals surface area contributed by atoms with Gasteiger partial charge in [0, 0.05) is 35.1 Å². The fourth-order valence-electron chi connectivity index (χ4n) is 2.66. The fraction of sp³-hybridized carbons (Fsp3) is 0.235. The molecule has 0 aliphatic rings. The molecule has 0 fully saturated rings. The normalized spacial score (nSPS) is 12.3. The van der Waals surface area contributed by atoms with E-state index in [1.54, 1.807) is 0 Å². The van der Waals surface area contributed by atoms with Crippen molar-refractivity contribution in [3.8, 4) is 0 Å². The molecule has 0 bridgehead atoms. The van der Waals surface area contributed by atoms with E-state index in [1.165, 1.54) is 24.3 Å². The number of hydrogen-bond acceptors (Lipinski definition) is 3. The second-order valence-corrected chi connectivity index (χ2v) is 5.86. The summed E-state index contributed by atoms with van der Waals surface area (Å²) < 4.78 is 13.5. The highest BCUT2D eigenvalue weighted by Gasteiger charge is 2.15. The number of benzene rings is 1. The van der Waals surface area contributed by atoms with Crippen LogP contribution in [-0.4, -0.2) is 27.1 Å². The second-order valence-electron chi connectivity index (χ2n) is 5.86. The van der Waals surface area contributed by atoms with Crippen molar-refractivity contribution in [3.05, 3.63) is 63.5 Å². The van der Waals surface area contributed by atoms with Crippen molar-refractivity contribution in [2.24, 2.45) is 0 Å². The predicted molar refractivity (Wildman–Crippen MR) is 88.5 cm³/mol. The Morgan fingerprint density at radius 1 is 1.33 bits per heavy atom. The lowest BCUT2D eigenvalue weighted by Gasteiger charge is -2.13. The summed E-state index contributed by atoms with van der Waals surface area (Å²) in [5.41, 5.74) is 1.94. The van der Waals surface area contributed by atoms with Crippen LogP contribution in [-0.2, 0) is 6.42 Å². The number of rotatable bonds is 4. The van der Waals surface area contributed by atoms with Crippen molar-refractivity contribution in [1.82, 2.24) is 20.5 Å². The third-order valence-corrected chi connectivity index (χ3v) is 3.70. The molecule has 3 rings (SSSR count). The molecule has 0 spiro atoms. The highest BCUT2D eigenvalue weighted by molar-refractivity contribution is 6.06. The van der Waals surface area contributed by atoms with Crippen LogP contribution in [0.5, 0.6) is 0 Å². The molecule has 0 unspecified atom stereocenters. The number of hydrogen-bond donors (Lipinski definition) is 3. The van der Waals surface area contributed by atoms with Crippen LogP contribution in [0.4, 0.5) is 4.39 Å². The molecule has 24 heavy (non-hydrogen) atoms. The molecule has 0 aliphatic heterocycles. The Hall–Kier alpha value is -2.96. The molecule has 124 valence electrons. The first-order valence-electron chi connectivity index (χ1n) is 7.57. The number of aromatic nitrogens is 3. The van der Waals surface area contributed by atoms with Crippen LogP contribution in [0.1, 0.15) is 28.7 Å². The van der Waals surface area contributed by atoms with Crippen LogP contribution in [0.2, 0.25) is 0 Å². The molecule has 2 heterocycles. The number of aromatic amines is 2. The van der Waals surface area contributed by atoms with Crippen LogP contribution in [0.15, 0.2) is 35.1 Å². The summed E-state index contributed by atoms with van der Waals surface area (Å²) in [6.07, 6.45) is 0.547. The second kappa shape index (κ2) is 6.27. The van der Waals surface area contributed by atoms with Crippen molar-refractivity contribution in [1.29, 1.82) is 0 Å². The summed E-state index contributed by atoms with van der Waals surface area (Å²) in [5, 5.41) is 10.2. The number of carbonyl (C=O) groups is 1. The van der Waals surface area contributed by atoms with Gasteiger partial charge in [-0.15, -0.1) is 0 Å². The topological polar surface area (TPSA) is 90.6 Å². The van der Waals surface area contributed by atoms with E-state index < -0.39 is 17.3 Å². The minimum atomic E-state index is -0.469. The van der Waals surface area contributed by atoms with E-state index >= 15 is 0 Å². The summed E-state index contributed by atoms with van der Waals surface area (Å²) in [4.78, 5) is 26.8. The number of carbonyl (C=O) groups excluding carboxylic acids is 1. The van der Waals surface area contributed by atoms with Gasteiger partial charge in [0.15, 0.2) is 0 Å². The first-order chi connectivity index (χ1) is 11.4. The highest BCUT2D eigenvalue weighted by atomic mass is 19.1. The van der Waals surface area contributed by atoms with Crippen LogP contribution in [0.25, 0.3) is 10.9 Å². The lowest BCUT2D eigenvalue weighted by atomic mass is 10.1. The zero-order valence-electron chi connectivity index (χ0n) is 13.3. The minimum absolute atomic E-state index is 0.151. The van der Waals surface area contributed by atoms with E-state index in [1.807, 2.05) is 19.9 Å². The van der Waals surface area contributed by atoms with Gasteiger partial charge in [0.05, 0.1) is 11.3 Å². The van der Waals surface area contributed by atoms with Gasteiger partial charge in [-0.05, 0) is 38.1 Å². The Kier molecular flexibility index (Phi) is 4.16. The van der Waals surface area contributed by atoms with Crippen molar-refractivity contribution in [2.45, 2.75) is 26.3 Å². The maximum absolute atomic E-state index is 13.5. The summed E-state index contributed by atoms with van der Waals surface area (Å²) in [6, 6.07) is 6.81. The van der Waals surface area contributed by atoms with Gasteiger partial charge in [-0.1, -0.05) is 0 Å². The molecule has 2 aromatic heterocycles. The maximum Gasteiger partial charge on any atom is 0.252 e. The zero-order chi connectivity index (χ0) is 17.3. The molecule has 3 aromatic rings. The molecular formula is C17H17FN4O2. The van der Waals surface area contributed by atoms with Crippen molar-refractivity contribution in [2.75, 3.05) is 0 Å². The summed E-state index contributed by atoms with van der Waals surface area (Å²) in [5.74, 6) is -0.889. The van der Waals surface area contributed by atoms with Crippen LogP contribution in [0, 0.1) is 12.7 Å². The lowest BCUT2D eigenvalue weighted by molar-refractivity contribution is 0.0941. The molecule has 0 radical (unpaired) electrons. The van der Waals surface area contributed by atoms with Gasteiger partial charge in [-0.2, -0.15) is 5.10 Å². The number of nitrogens with one attached hydrogen (secondary N) is 3. The standard InChI is InChI=1S/C17H17FN4O2/c1-9(5-12-6-10(2)21-22-12)19-17(24)14-8-16(23)20-15-4-3-11(18)7-13(14)15/h3-4,6-9H,5H2,1-2H3,(H,19,24)(H,20,23)(H,21,22)/t9-/m1/s1. The van der Waals surface area contributed by atoms with Gasteiger partial charge in [-0.25, -0.2) is 4.39 Å². The fourth-order valence-corrected chi connectivity index (χ4v) is 2.66. The molecule has 0 aliphatic carbocycles. The monoisotopic (exact) mass is 328 g/mol. The molecule has 0 saturated carbocycles. The Labute approximate surface area is 137 Å². The Morgan fingerprint density at radius 3 is 2.83 bits per heavy atom. The summed E-state index contributed by atoms with van der Waals surface area (Å²) in [6.45, 7) is 3.74. The van der Waals surface area contributed by atoms with Gasteiger partial charge < -0.3 is 10.3 Å². The van der Waals surface area contributed by atoms with E-state index in [-0.39, 0.29) is 11.6 Å². The number of amides is 1. The van der Waals surface area contributed by atoms with Gasteiger partial charge >= 0.3 is 0 Å². The molecule has 0 saturated heterocycles. The summed E-state index contributed by atoms with van der Waals surface area (Å²) in [7, 11) is 0. The van der Waals surface area contributed by atoms with Crippen molar-refractivity contribution < 1.29 is 9.18 Å². The third kappa shape index (κ3) is 3.34. The number of halogens is 1. The number of aryl methyl sites for hydroxylation is 1. The molecular weight excluding hydrogens is 311 g/mol. The van der Waals surface area contributed by atoms with E-state index in [0.29, 0.717) is 17.3 Å². The summed E-state index contributed by atoms with van der Waals surface area (Å²) >= 11 is 0. The Balaban J connectivity index is 1.85. The molecule has 3 N–H and O–H groups in total. The number of fused-ring (bicyclic) bond motifs is 1. The smallest absolute Gasteiger partial charge is 0.252 e. The van der Waals surface area contributed by atoms with Crippen LogP contribution in [0.3, 0.4) is 0 Å². The van der Waals surface area contributed by atoms with E-state index in [2.05, 4.69) is 20.5 Å². The first-order valence-corrected chi connectivity index (χ1v) is 7.57. The Bertz CT molecular complexity index is 961. The van der Waals surface area contributed by atoms with Crippen LogP contribution >= 0.6 is 0 Å². The van der Waals surface area contributed by atoms with E-state index in [0.717, 1.165) is 11.4 Å².